The van der Waals surface area contributed by atoms with E-state index < -0.39 is 5.97 Å². The van der Waals surface area contributed by atoms with Gasteiger partial charge in [-0.15, -0.1) is 0 Å². The molecule has 2 rings (SSSR count). The Balaban J connectivity index is 2.22. The summed E-state index contributed by atoms with van der Waals surface area (Å²) in [5, 5.41) is 12.1. The van der Waals surface area contributed by atoms with Crippen LogP contribution in [0.2, 0.25) is 0 Å². The van der Waals surface area contributed by atoms with Crippen molar-refractivity contribution in [3.05, 3.63) is 39.1 Å². The lowest BCUT2D eigenvalue weighted by atomic mass is 9.79. The summed E-state index contributed by atoms with van der Waals surface area (Å²) in [4.78, 5) is 22.8. The molecule has 0 radical (unpaired) electrons. The van der Waals surface area contributed by atoms with Crippen LogP contribution in [0, 0.1) is 5.41 Å². The molecule has 1 aromatic rings. The van der Waals surface area contributed by atoms with Crippen molar-refractivity contribution < 1.29 is 14.7 Å². The van der Waals surface area contributed by atoms with E-state index in [1.54, 1.807) is 24.3 Å². The van der Waals surface area contributed by atoms with Crippen molar-refractivity contribution in [1.82, 2.24) is 0 Å². The number of carboxylic acid groups (broad SMARTS) is 1. The van der Waals surface area contributed by atoms with E-state index in [4.69, 9.17) is 5.11 Å². The summed E-state index contributed by atoms with van der Waals surface area (Å²) in [6.07, 6.45) is 1.37. The molecular weight excluding hydrogens is 369 g/mol. The lowest BCUT2D eigenvalue weighted by molar-refractivity contribution is -0.117. The first-order chi connectivity index (χ1) is 9.28. The summed E-state index contributed by atoms with van der Waals surface area (Å²) >= 11 is 2.08. The van der Waals surface area contributed by atoms with Crippen molar-refractivity contribution in [2.75, 3.05) is 5.32 Å². The fraction of sp³-hybridized carbons (Fsp3) is 0.333. The van der Waals surface area contributed by atoms with Gasteiger partial charge >= 0.3 is 5.97 Å². The molecule has 0 fully saturated rings. The number of carboxylic acids is 1. The molecule has 0 bridgehead atoms. The van der Waals surface area contributed by atoms with Crippen molar-refractivity contribution in [3.63, 3.8) is 0 Å². The number of ketones is 1. The van der Waals surface area contributed by atoms with Gasteiger partial charge < -0.3 is 10.4 Å². The monoisotopic (exact) mass is 385 g/mol. The van der Waals surface area contributed by atoms with E-state index in [2.05, 4.69) is 41.8 Å². The van der Waals surface area contributed by atoms with Crippen molar-refractivity contribution in [3.8, 4) is 0 Å². The molecule has 2 N–H and O–H groups in total. The number of halogens is 1. The van der Waals surface area contributed by atoms with Gasteiger partial charge in [0.25, 0.3) is 0 Å². The summed E-state index contributed by atoms with van der Waals surface area (Å²) in [7, 11) is 0. The van der Waals surface area contributed by atoms with Gasteiger partial charge in [0.2, 0.25) is 0 Å². The molecule has 0 aliphatic heterocycles. The molecule has 0 amide bonds. The maximum Gasteiger partial charge on any atom is 0.335 e. The average Bonchev–Trinajstić information content (AvgIpc) is 2.35. The summed E-state index contributed by atoms with van der Waals surface area (Å²) in [5.74, 6) is -0.786. The van der Waals surface area contributed by atoms with Crippen molar-refractivity contribution in [2.45, 2.75) is 26.7 Å². The zero-order valence-corrected chi connectivity index (χ0v) is 13.5. The Morgan fingerprint density at radius 2 is 1.85 bits per heavy atom. The number of Topliss-reactive ketones (excluding diaryl/α,β-unsaturated/α-hetero) is 1. The van der Waals surface area contributed by atoms with E-state index in [0.717, 1.165) is 21.4 Å². The summed E-state index contributed by atoms with van der Waals surface area (Å²) in [5.41, 5.74) is 1.91. The van der Waals surface area contributed by atoms with E-state index in [1.165, 1.54) is 0 Å². The van der Waals surface area contributed by atoms with Gasteiger partial charge in [0.15, 0.2) is 5.78 Å². The fourth-order valence-corrected chi connectivity index (χ4v) is 2.78. The molecule has 0 aromatic heterocycles. The number of nitrogens with one attached hydrogen (secondary N) is 1. The van der Waals surface area contributed by atoms with Crippen molar-refractivity contribution >= 4 is 40.0 Å². The van der Waals surface area contributed by atoms with Gasteiger partial charge in [0.05, 0.1) is 9.14 Å². The molecule has 4 nitrogen and oxygen atoms in total. The summed E-state index contributed by atoms with van der Waals surface area (Å²) in [6.45, 7) is 4.15. The Morgan fingerprint density at radius 1 is 1.25 bits per heavy atom. The minimum Gasteiger partial charge on any atom is -0.478 e. The number of rotatable bonds is 3. The Hall–Kier alpha value is -1.37. The van der Waals surface area contributed by atoms with Crippen LogP contribution in [-0.4, -0.2) is 16.9 Å². The van der Waals surface area contributed by atoms with E-state index in [0.29, 0.717) is 6.42 Å². The standard InChI is InChI=1S/C15H16INO3/c1-15(2)7-11(13(16)12(18)8-15)17-10-5-3-9(4-6-10)14(19)20/h3-6,17H,7-8H2,1-2H3,(H,19,20). The number of aromatic carboxylic acids is 1. The van der Waals surface area contributed by atoms with Gasteiger partial charge in [-0.25, -0.2) is 4.79 Å². The molecule has 0 heterocycles. The van der Waals surface area contributed by atoms with E-state index in [-0.39, 0.29) is 16.8 Å². The first-order valence-corrected chi connectivity index (χ1v) is 7.39. The smallest absolute Gasteiger partial charge is 0.335 e. The number of carbonyl (C=O) groups is 2. The van der Waals surface area contributed by atoms with Crippen LogP contribution in [0.5, 0.6) is 0 Å². The predicted octanol–water partition coefficient (Wildman–Crippen LogP) is 3.83. The van der Waals surface area contributed by atoms with Gasteiger partial charge in [-0.1, -0.05) is 13.8 Å². The van der Waals surface area contributed by atoms with Crippen molar-refractivity contribution in [1.29, 1.82) is 0 Å². The van der Waals surface area contributed by atoms with Crippen LogP contribution in [0.25, 0.3) is 0 Å². The normalized spacial score (nSPS) is 18.1. The first kappa shape index (κ1) is 15.0. The van der Waals surface area contributed by atoms with Crippen LogP contribution in [-0.2, 0) is 4.79 Å². The van der Waals surface area contributed by atoms with Gasteiger partial charge in [-0.05, 0) is 58.7 Å². The molecule has 0 unspecified atom stereocenters. The van der Waals surface area contributed by atoms with Gasteiger partial charge in [0.1, 0.15) is 0 Å². The Bertz CT molecular complexity index is 588. The molecule has 106 valence electrons. The van der Waals surface area contributed by atoms with Crippen LogP contribution in [0.15, 0.2) is 33.5 Å². The minimum absolute atomic E-state index is 0.0465. The van der Waals surface area contributed by atoms with Gasteiger partial charge in [-0.2, -0.15) is 0 Å². The maximum atomic E-state index is 12.0. The minimum atomic E-state index is -0.945. The molecule has 20 heavy (non-hydrogen) atoms. The topological polar surface area (TPSA) is 66.4 Å². The summed E-state index contributed by atoms with van der Waals surface area (Å²) in [6, 6.07) is 6.53. The Morgan fingerprint density at radius 3 is 2.40 bits per heavy atom. The second-order valence-electron chi connectivity index (χ2n) is 5.74. The van der Waals surface area contributed by atoms with Crippen LogP contribution in [0.1, 0.15) is 37.0 Å². The molecule has 0 atom stereocenters. The summed E-state index contributed by atoms with van der Waals surface area (Å²) < 4.78 is 0.740. The van der Waals surface area contributed by atoms with E-state index >= 15 is 0 Å². The zero-order valence-electron chi connectivity index (χ0n) is 11.4. The van der Waals surface area contributed by atoms with Gasteiger partial charge in [0, 0.05) is 17.8 Å². The first-order valence-electron chi connectivity index (χ1n) is 6.31. The Kier molecular flexibility index (Phi) is 4.17. The van der Waals surface area contributed by atoms with Crippen LogP contribution < -0.4 is 5.32 Å². The van der Waals surface area contributed by atoms with Crippen molar-refractivity contribution in [2.24, 2.45) is 5.41 Å². The molecule has 0 saturated heterocycles. The number of benzene rings is 1. The largest absolute Gasteiger partial charge is 0.478 e. The highest BCUT2D eigenvalue weighted by atomic mass is 127. The zero-order chi connectivity index (χ0) is 14.9. The average molecular weight is 385 g/mol. The second-order valence-corrected chi connectivity index (χ2v) is 6.82. The number of carbonyl (C=O) groups excluding carboxylic acids is 1. The van der Waals surface area contributed by atoms with Crippen LogP contribution >= 0.6 is 22.6 Å². The maximum absolute atomic E-state index is 12.0. The third-order valence-corrected chi connectivity index (χ3v) is 4.48. The second kappa shape index (κ2) is 5.55. The number of hydrogen-bond donors (Lipinski definition) is 2. The highest BCUT2D eigenvalue weighted by Crippen LogP contribution is 2.39. The highest BCUT2D eigenvalue weighted by Gasteiger charge is 2.31. The molecule has 1 aliphatic rings. The number of anilines is 1. The SMILES string of the molecule is CC1(C)CC(=O)C(I)=C(Nc2ccc(C(=O)O)cc2)C1. The predicted molar refractivity (Wildman–Crippen MR) is 86.1 cm³/mol. The third kappa shape index (κ3) is 3.39. The molecular formula is C15H16INO3. The number of hydrogen-bond acceptors (Lipinski definition) is 3. The Labute approximate surface area is 131 Å². The van der Waals surface area contributed by atoms with Crippen LogP contribution in [0.4, 0.5) is 5.69 Å². The lowest BCUT2D eigenvalue weighted by Gasteiger charge is -2.31. The molecule has 5 heteroatoms. The lowest BCUT2D eigenvalue weighted by Crippen LogP contribution is -2.26. The molecule has 1 aromatic carbocycles. The molecule has 0 saturated carbocycles. The highest BCUT2D eigenvalue weighted by molar-refractivity contribution is 14.1. The number of allylic oxidation sites excluding steroid dienone is 2. The molecule has 0 spiro atoms. The fourth-order valence-electron chi connectivity index (χ4n) is 2.27. The molecule has 1 aliphatic carbocycles. The van der Waals surface area contributed by atoms with E-state index in [1.807, 2.05) is 0 Å². The third-order valence-electron chi connectivity index (χ3n) is 3.23. The van der Waals surface area contributed by atoms with E-state index in [9.17, 15) is 9.59 Å². The van der Waals surface area contributed by atoms with Gasteiger partial charge in [-0.3, -0.25) is 4.79 Å². The quantitative estimate of drug-likeness (QED) is 0.777. The van der Waals surface area contributed by atoms with Crippen LogP contribution in [0.3, 0.4) is 0 Å².